The topological polar surface area (TPSA) is 81.9 Å². The number of carbonyl (C=O) groups is 2. The largest absolute Gasteiger partial charge is 0.493 e. The van der Waals surface area contributed by atoms with Crippen LogP contribution in [0.2, 0.25) is 0 Å². The molecular formula is C20H28N2O4. The van der Waals surface area contributed by atoms with E-state index in [9.17, 15) is 9.59 Å². The number of primary amides is 1. The summed E-state index contributed by atoms with van der Waals surface area (Å²) in [5, 5.41) is 0. The molecule has 2 N–H and O–H groups in total. The fourth-order valence-electron chi connectivity index (χ4n) is 3.15. The monoisotopic (exact) mass is 360 g/mol. The van der Waals surface area contributed by atoms with Crippen molar-refractivity contribution >= 4 is 17.9 Å². The third-order valence-corrected chi connectivity index (χ3v) is 4.86. The molecule has 0 aromatic heterocycles. The molecule has 0 saturated heterocycles. The third kappa shape index (κ3) is 5.51. The Morgan fingerprint density at radius 1 is 1.23 bits per heavy atom. The predicted octanol–water partition coefficient (Wildman–Crippen LogP) is 2.61. The molecule has 0 spiro atoms. The Morgan fingerprint density at radius 3 is 2.54 bits per heavy atom. The van der Waals surface area contributed by atoms with Crippen molar-refractivity contribution in [3.63, 3.8) is 0 Å². The van der Waals surface area contributed by atoms with E-state index < -0.39 is 5.91 Å². The summed E-state index contributed by atoms with van der Waals surface area (Å²) in [6, 6.07) is 5.56. The lowest BCUT2D eigenvalue weighted by Crippen LogP contribution is -2.38. The van der Waals surface area contributed by atoms with Crippen molar-refractivity contribution in [2.45, 2.75) is 38.6 Å². The molecule has 6 nitrogen and oxygen atoms in total. The lowest BCUT2D eigenvalue weighted by Gasteiger charge is -2.33. The second-order valence-corrected chi connectivity index (χ2v) is 6.86. The molecule has 1 aliphatic carbocycles. The summed E-state index contributed by atoms with van der Waals surface area (Å²) in [4.78, 5) is 25.1. The van der Waals surface area contributed by atoms with Gasteiger partial charge < -0.3 is 20.1 Å². The van der Waals surface area contributed by atoms with E-state index in [1.807, 2.05) is 11.9 Å². The Balaban J connectivity index is 2.00. The van der Waals surface area contributed by atoms with Gasteiger partial charge in [0.2, 0.25) is 5.91 Å². The molecule has 26 heavy (non-hydrogen) atoms. The van der Waals surface area contributed by atoms with Gasteiger partial charge in [-0.25, -0.2) is 0 Å². The fraction of sp³-hybridized carbons (Fsp3) is 0.500. The standard InChI is InChI=1S/C20H28N2O4/c1-14-4-8-16(9-5-14)22(2)20(24)11-7-15-6-10-17(18(12-15)25-3)26-13-19(21)23/h6-7,10-12,14,16H,4-5,8-9,13H2,1-3H3,(H2,21,23). The quantitative estimate of drug-likeness (QED) is 0.758. The first-order valence-electron chi connectivity index (χ1n) is 8.94. The minimum atomic E-state index is -0.554. The first kappa shape index (κ1) is 19.8. The van der Waals surface area contributed by atoms with Crippen LogP contribution in [0.3, 0.4) is 0 Å². The van der Waals surface area contributed by atoms with Crippen LogP contribution < -0.4 is 15.2 Å². The molecule has 6 heteroatoms. The molecule has 0 atom stereocenters. The highest BCUT2D eigenvalue weighted by atomic mass is 16.5. The Hall–Kier alpha value is -2.50. The van der Waals surface area contributed by atoms with E-state index in [2.05, 4.69) is 6.92 Å². The molecule has 1 aromatic rings. The van der Waals surface area contributed by atoms with E-state index in [1.54, 1.807) is 30.4 Å². The number of likely N-dealkylation sites (N-methyl/N-ethyl adjacent to an activating group) is 1. The van der Waals surface area contributed by atoms with Gasteiger partial charge in [0.25, 0.3) is 5.91 Å². The van der Waals surface area contributed by atoms with E-state index in [1.165, 1.54) is 20.0 Å². The van der Waals surface area contributed by atoms with Gasteiger partial charge in [0.1, 0.15) is 0 Å². The zero-order chi connectivity index (χ0) is 19.1. The molecule has 1 aliphatic rings. The molecular weight excluding hydrogens is 332 g/mol. The van der Waals surface area contributed by atoms with E-state index in [4.69, 9.17) is 15.2 Å². The van der Waals surface area contributed by atoms with E-state index in [0.717, 1.165) is 24.3 Å². The minimum absolute atomic E-state index is 0.00225. The first-order valence-corrected chi connectivity index (χ1v) is 8.94. The highest BCUT2D eigenvalue weighted by Gasteiger charge is 2.23. The van der Waals surface area contributed by atoms with Crippen molar-refractivity contribution in [1.82, 2.24) is 4.90 Å². The van der Waals surface area contributed by atoms with E-state index in [0.29, 0.717) is 17.5 Å². The summed E-state index contributed by atoms with van der Waals surface area (Å²) in [7, 11) is 3.39. The van der Waals surface area contributed by atoms with Gasteiger partial charge in [-0.15, -0.1) is 0 Å². The second-order valence-electron chi connectivity index (χ2n) is 6.86. The van der Waals surface area contributed by atoms with E-state index >= 15 is 0 Å². The number of carbonyl (C=O) groups excluding carboxylic acids is 2. The zero-order valence-electron chi connectivity index (χ0n) is 15.7. The first-order chi connectivity index (χ1) is 12.4. The maximum absolute atomic E-state index is 12.4. The van der Waals surface area contributed by atoms with Crippen molar-refractivity contribution < 1.29 is 19.1 Å². The smallest absolute Gasteiger partial charge is 0.255 e. The van der Waals surface area contributed by atoms with Crippen molar-refractivity contribution in [2.75, 3.05) is 20.8 Å². The highest BCUT2D eigenvalue weighted by Crippen LogP contribution is 2.29. The second kappa shape index (κ2) is 9.27. The van der Waals surface area contributed by atoms with Gasteiger partial charge in [-0.2, -0.15) is 0 Å². The summed E-state index contributed by atoms with van der Waals surface area (Å²) in [6.45, 7) is 2.05. The number of ether oxygens (including phenoxy) is 2. The van der Waals surface area contributed by atoms with Crippen LogP contribution in [-0.2, 0) is 9.59 Å². The summed E-state index contributed by atoms with van der Waals surface area (Å²) in [6.07, 6.45) is 7.82. The van der Waals surface area contributed by atoms with Crippen LogP contribution in [-0.4, -0.2) is 43.5 Å². The summed E-state index contributed by atoms with van der Waals surface area (Å²) in [5.41, 5.74) is 5.89. The molecule has 0 radical (unpaired) electrons. The van der Waals surface area contributed by atoms with Crippen molar-refractivity contribution in [1.29, 1.82) is 0 Å². The summed E-state index contributed by atoms with van der Waals surface area (Å²) in [5.74, 6) is 1.12. The molecule has 142 valence electrons. The SMILES string of the molecule is COc1cc(C=CC(=O)N(C)C2CCC(C)CC2)ccc1OCC(N)=O. The number of hydrogen-bond donors (Lipinski definition) is 1. The van der Waals surface area contributed by atoms with E-state index in [-0.39, 0.29) is 12.5 Å². The molecule has 0 heterocycles. The van der Waals surface area contributed by atoms with Crippen molar-refractivity contribution in [3.05, 3.63) is 29.8 Å². The lowest BCUT2D eigenvalue weighted by molar-refractivity contribution is -0.127. The van der Waals surface area contributed by atoms with Gasteiger partial charge in [0.15, 0.2) is 18.1 Å². The molecule has 2 rings (SSSR count). The van der Waals surface area contributed by atoms with Crippen LogP contribution in [0.25, 0.3) is 6.08 Å². The number of nitrogens with zero attached hydrogens (tertiary/aromatic N) is 1. The third-order valence-electron chi connectivity index (χ3n) is 4.86. The average molecular weight is 360 g/mol. The minimum Gasteiger partial charge on any atom is -0.493 e. The average Bonchev–Trinajstić information content (AvgIpc) is 2.64. The van der Waals surface area contributed by atoms with Gasteiger partial charge in [0, 0.05) is 19.2 Å². The number of methoxy groups -OCH3 is 1. The normalized spacial score (nSPS) is 20.0. The Labute approximate surface area is 154 Å². The number of amides is 2. The van der Waals surface area contributed by atoms with Crippen LogP contribution in [0.1, 0.15) is 38.2 Å². The molecule has 0 aliphatic heterocycles. The summed E-state index contributed by atoms with van der Waals surface area (Å²) < 4.78 is 10.6. The highest BCUT2D eigenvalue weighted by molar-refractivity contribution is 5.91. The molecule has 1 fully saturated rings. The number of nitrogens with two attached hydrogens (primary N) is 1. The molecule has 0 unspecified atom stereocenters. The van der Waals surface area contributed by atoms with Crippen molar-refractivity contribution in [3.8, 4) is 11.5 Å². The van der Waals surface area contributed by atoms with Gasteiger partial charge in [0.05, 0.1) is 7.11 Å². The van der Waals surface area contributed by atoms with Crippen LogP contribution in [0.4, 0.5) is 0 Å². The van der Waals surface area contributed by atoms with Crippen LogP contribution in [0, 0.1) is 5.92 Å². The van der Waals surface area contributed by atoms with Crippen molar-refractivity contribution in [2.24, 2.45) is 11.7 Å². The molecule has 0 bridgehead atoms. The maximum atomic E-state index is 12.4. The lowest BCUT2D eigenvalue weighted by atomic mass is 9.87. The molecule has 1 aromatic carbocycles. The fourth-order valence-corrected chi connectivity index (χ4v) is 3.15. The Morgan fingerprint density at radius 2 is 1.92 bits per heavy atom. The van der Waals surface area contributed by atoms with Crippen LogP contribution in [0.15, 0.2) is 24.3 Å². The van der Waals surface area contributed by atoms with Gasteiger partial charge >= 0.3 is 0 Å². The molecule has 2 amide bonds. The number of hydrogen-bond acceptors (Lipinski definition) is 4. The number of benzene rings is 1. The van der Waals surface area contributed by atoms with Crippen LogP contribution >= 0.6 is 0 Å². The zero-order valence-corrected chi connectivity index (χ0v) is 15.7. The van der Waals surface area contributed by atoms with Gasteiger partial charge in [-0.1, -0.05) is 13.0 Å². The summed E-state index contributed by atoms with van der Waals surface area (Å²) >= 11 is 0. The van der Waals surface area contributed by atoms with Gasteiger partial charge in [-0.3, -0.25) is 9.59 Å². The predicted molar refractivity (Wildman–Crippen MR) is 101 cm³/mol. The van der Waals surface area contributed by atoms with Crippen LogP contribution in [0.5, 0.6) is 11.5 Å². The Bertz CT molecular complexity index is 664. The maximum Gasteiger partial charge on any atom is 0.255 e. The molecule has 1 saturated carbocycles. The number of rotatable bonds is 7. The Kier molecular flexibility index (Phi) is 7.06. The van der Waals surface area contributed by atoms with Gasteiger partial charge in [-0.05, 0) is 55.4 Å².